The van der Waals surface area contributed by atoms with E-state index in [0.717, 1.165) is 15.7 Å². The molecule has 13 heavy (non-hydrogen) atoms. The molecule has 3 N–H and O–H groups in total. The van der Waals surface area contributed by atoms with Gasteiger partial charge in [0, 0.05) is 23.6 Å². The SMILES string of the molecule is CC(=O)Nc1ccc(CN)c(Br)c1. The minimum atomic E-state index is -0.0765. The third-order valence-electron chi connectivity index (χ3n) is 1.59. The van der Waals surface area contributed by atoms with E-state index in [1.807, 2.05) is 18.2 Å². The highest BCUT2D eigenvalue weighted by molar-refractivity contribution is 9.10. The Balaban J connectivity index is 2.89. The highest BCUT2D eigenvalue weighted by Gasteiger charge is 2.00. The number of amides is 1. The average molecular weight is 243 g/mol. The van der Waals surface area contributed by atoms with Gasteiger partial charge < -0.3 is 11.1 Å². The monoisotopic (exact) mass is 242 g/mol. The molecule has 1 rings (SSSR count). The van der Waals surface area contributed by atoms with Crippen molar-refractivity contribution in [1.82, 2.24) is 0 Å². The van der Waals surface area contributed by atoms with Crippen LogP contribution in [0.2, 0.25) is 0 Å². The molecule has 0 aliphatic heterocycles. The van der Waals surface area contributed by atoms with Gasteiger partial charge in [0.1, 0.15) is 0 Å². The van der Waals surface area contributed by atoms with Crippen LogP contribution < -0.4 is 11.1 Å². The van der Waals surface area contributed by atoms with Crippen molar-refractivity contribution in [1.29, 1.82) is 0 Å². The molecule has 4 heteroatoms. The van der Waals surface area contributed by atoms with Crippen molar-refractivity contribution in [2.45, 2.75) is 13.5 Å². The summed E-state index contributed by atoms with van der Waals surface area (Å²) in [5, 5.41) is 2.69. The Bertz CT molecular complexity index is 325. The van der Waals surface area contributed by atoms with Crippen LogP contribution in [0, 0.1) is 0 Å². The molecule has 0 aliphatic carbocycles. The minimum Gasteiger partial charge on any atom is -0.326 e. The molecule has 1 aromatic carbocycles. The number of nitrogens with two attached hydrogens (primary N) is 1. The second-order valence-electron chi connectivity index (χ2n) is 2.69. The van der Waals surface area contributed by atoms with E-state index in [-0.39, 0.29) is 5.91 Å². The summed E-state index contributed by atoms with van der Waals surface area (Å²) < 4.78 is 0.918. The highest BCUT2D eigenvalue weighted by Crippen LogP contribution is 2.20. The van der Waals surface area contributed by atoms with Crippen LogP contribution in [-0.4, -0.2) is 5.91 Å². The molecule has 0 spiro atoms. The lowest BCUT2D eigenvalue weighted by Crippen LogP contribution is -2.06. The average Bonchev–Trinajstić information content (AvgIpc) is 2.03. The Morgan fingerprint density at radius 3 is 2.77 bits per heavy atom. The lowest BCUT2D eigenvalue weighted by atomic mass is 10.2. The van der Waals surface area contributed by atoms with Crippen LogP contribution in [-0.2, 0) is 11.3 Å². The van der Waals surface area contributed by atoms with Gasteiger partial charge in [-0.05, 0) is 17.7 Å². The molecule has 1 aromatic rings. The van der Waals surface area contributed by atoms with Crippen LogP contribution in [0.25, 0.3) is 0 Å². The van der Waals surface area contributed by atoms with Gasteiger partial charge >= 0.3 is 0 Å². The molecule has 0 bridgehead atoms. The van der Waals surface area contributed by atoms with Crippen molar-refractivity contribution in [3.05, 3.63) is 28.2 Å². The molecule has 0 aliphatic rings. The van der Waals surface area contributed by atoms with Crippen LogP contribution in [0.5, 0.6) is 0 Å². The van der Waals surface area contributed by atoms with Gasteiger partial charge in [0.2, 0.25) is 5.91 Å². The van der Waals surface area contributed by atoms with E-state index in [9.17, 15) is 4.79 Å². The number of hydrogen-bond donors (Lipinski definition) is 2. The van der Waals surface area contributed by atoms with Crippen molar-refractivity contribution < 1.29 is 4.79 Å². The first-order valence-corrected chi connectivity index (χ1v) is 4.69. The molecule has 0 aromatic heterocycles. The molecule has 70 valence electrons. The maximum absolute atomic E-state index is 10.7. The summed E-state index contributed by atoms with van der Waals surface area (Å²) in [6, 6.07) is 5.55. The minimum absolute atomic E-state index is 0.0765. The molecular weight excluding hydrogens is 232 g/mol. The van der Waals surface area contributed by atoms with Gasteiger partial charge in [-0.3, -0.25) is 4.79 Å². The van der Waals surface area contributed by atoms with Crippen LogP contribution >= 0.6 is 15.9 Å². The summed E-state index contributed by atoms with van der Waals surface area (Å²) in [5.41, 5.74) is 7.28. The van der Waals surface area contributed by atoms with Crippen molar-refractivity contribution in [2.75, 3.05) is 5.32 Å². The number of carbonyl (C=O) groups excluding carboxylic acids is 1. The van der Waals surface area contributed by atoms with Gasteiger partial charge in [0.05, 0.1) is 0 Å². The van der Waals surface area contributed by atoms with Gasteiger partial charge in [0.25, 0.3) is 0 Å². The van der Waals surface area contributed by atoms with Gasteiger partial charge in [-0.2, -0.15) is 0 Å². The summed E-state index contributed by atoms with van der Waals surface area (Å²) in [5.74, 6) is -0.0765. The first-order valence-electron chi connectivity index (χ1n) is 3.89. The van der Waals surface area contributed by atoms with Crippen molar-refractivity contribution in [2.24, 2.45) is 5.73 Å². The third-order valence-corrected chi connectivity index (χ3v) is 2.33. The topological polar surface area (TPSA) is 55.1 Å². The third kappa shape index (κ3) is 2.82. The molecule has 0 saturated heterocycles. The second kappa shape index (κ2) is 4.39. The first kappa shape index (κ1) is 10.2. The fourth-order valence-corrected chi connectivity index (χ4v) is 1.53. The number of benzene rings is 1. The zero-order valence-electron chi connectivity index (χ0n) is 7.30. The number of nitrogens with one attached hydrogen (secondary N) is 1. The Morgan fingerprint density at radius 1 is 1.62 bits per heavy atom. The van der Waals surface area contributed by atoms with E-state index in [0.29, 0.717) is 6.54 Å². The fraction of sp³-hybridized carbons (Fsp3) is 0.222. The zero-order chi connectivity index (χ0) is 9.84. The molecule has 0 saturated carbocycles. The van der Waals surface area contributed by atoms with Crippen molar-refractivity contribution >= 4 is 27.5 Å². The Labute approximate surface area is 85.4 Å². The number of anilines is 1. The predicted molar refractivity (Wildman–Crippen MR) is 56.3 cm³/mol. The zero-order valence-corrected chi connectivity index (χ0v) is 8.89. The molecule has 0 atom stereocenters. The summed E-state index contributed by atoms with van der Waals surface area (Å²) >= 11 is 3.37. The van der Waals surface area contributed by atoms with Crippen LogP contribution in [0.4, 0.5) is 5.69 Å². The summed E-state index contributed by atoms with van der Waals surface area (Å²) in [4.78, 5) is 10.7. The second-order valence-corrected chi connectivity index (χ2v) is 3.55. The Hall–Kier alpha value is -0.870. The Morgan fingerprint density at radius 2 is 2.31 bits per heavy atom. The quantitative estimate of drug-likeness (QED) is 0.832. The van der Waals surface area contributed by atoms with Crippen LogP contribution in [0.3, 0.4) is 0 Å². The van der Waals surface area contributed by atoms with Gasteiger partial charge in [-0.15, -0.1) is 0 Å². The molecule has 1 amide bonds. The number of halogens is 1. The van der Waals surface area contributed by atoms with E-state index in [1.165, 1.54) is 6.92 Å². The van der Waals surface area contributed by atoms with Crippen molar-refractivity contribution in [3.63, 3.8) is 0 Å². The van der Waals surface area contributed by atoms with Crippen molar-refractivity contribution in [3.8, 4) is 0 Å². The summed E-state index contributed by atoms with van der Waals surface area (Å²) in [6.45, 7) is 1.96. The van der Waals surface area contributed by atoms with Gasteiger partial charge in [-0.1, -0.05) is 22.0 Å². The molecule has 0 fully saturated rings. The van der Waals surface area contributed by atoms with E-state index >= 15 is 0 Å². The van der Waals surface area contributed by atoms with Gasteiger partial charge in [0.15, 0.2) is 0 Å². The Kier molecular flexibility index (Phi) is 3.45. The first-order chi connectivity index (χ1) is 6.13. The maximum Gasteiger partial charge on any atom is 0.221 e. The molecule has 3 nitrogen and oxygen atoms in total. The lowest BCUT2D eigenvalue weighted by Gasteiger charge is -2.05. The molecule has 0 radical (unpaired) electrons. The fourth-order valence-electron chi connectivity index (χ4n) is 0.994. The normalized spacial score (nSPS) is 9.77. The van der Waals surface area contributed by atoms with E-state index in [4.69, 9.17) is 5.73 Å². The number of hydrogen-bond acceptors (Lipinski definition) is 2. The smallest absolute Gasteiger partial charge is 0.221 e. The van der Waals surface area contributed by atoms with Crippen LogP contribution in [0.15, 0.2) is 22.7 Å². The largest absolute Gasteiger partial charge is 0.326 e. The van der Waals surface area contributed by atoms with E-state index in [1.54, 1.807) is 0 Å². The summed E-state index contributed by atoms with van der Waals surface area (Å²) in [7, 11) is 0. The summed E-state index contributed by atoms with van der Waals surface area (Å²) in [6.07, 6.45) is 0. The van der Waals surface area contributed by atoms with Crippen LogP contribution in [0.1, 0.15) is 12.5 Å². The van der Waals surface area contributed by atoms with E-state index < -0.39 is 0 Å². The highest BCUT2D eigenvalue weighted by atomic mass is 79.9. The predicted octanol–water partition coefficient (Wildman–Crippen LogP) is 1.87. The maximum atomic E-state index is 10.7. The number of carbonyl (C=O) groups is 1. The standard InChI is InChI=1S/C9H11BrN2O/c1-6(13)12-8-3-2-7(5-11)9(10)4-8/h2-4H,5,11H2,1H3,(H,12,13). The molecular formula is C9H11BrN2O. The molecule has 0 heterocycles. The van der Waals surface area contributed by atoms with E-state index in [2.05, 4.69) is 21.2 Å². The van der Waals surface area contributed by atoms with Gasteiger partial charge in [-0.25, -0.2) is 0 Å². The number of rotatable bonds is 2. The molecule has 0 unspecified atom stereocenters. The lowest BCUT2D eigenvalue weighted by molar-refractivity contribution is -0.114.